The highest BCUT2D eigenvalue weighted by Gasteiger charge is 1.99. The molecule has 1 rings (SSSR count). The number of nitrogen functional groups attached to an aromatic ring is 1. The third kappa shape index (κ3) is 1.83. The van der Waals surface area contributed by atoms with Crippen molar-refractivity contribution in [3.63, 3.8) is 0 Å². The number of halogens is 1. The molecule has 1 aromatic rings. The molecule has 3 nitrogen and oxygen atoms in total. The second-order valence-corrected chi connectivity index (χ2v) is 3.01. The lowest BCUT2D eigenvalue weighted by atomic mass is 10.4. The maximum atomic E-state index is 5.13. The Hall–Kier alpha value is -0.320. The van der Waals surface area contributed by atoms with Crippen molar-refractivity contribution in [2.45, 2.75) is 13.8 Å². The van der Waals surface area contributed by atoms with E-state index in [1.165, 1.54) is 4.88 Å². The van der Waals surface area contributed by atoms with Gasteiger partial charge < -0.3 is 0 Å². The Morgan fingerprint density at radius 3 is 2.30 bits per heavy atom. The smallest absolute Gasteiger partial charge is 0.197 e. The van der Waals surface area contributed by atoms with Crippen LogP contribution in [-0.4, -0.2) is 4.98 Å². The highest BCUT2D eigenvalue weighted by atomic mass is 35.5. The Morgan fingerprint density at radius 1 is 1.50 bits per heavy atom. The Morgan fingerprint density at radius 2 is 2.10 bits per heavy atom. The quantitative estimate of drug-likeness (QED) is 0.507. The van der Waals surface area contributed by atoms with Gasteiger partial charge in [-0.15, -0.1) is 23.7 Å². The number of nitrogens with zero attached hydrogens (tertiary/aromatic N) is 1. The first-order valence-electron chi connectivity index (χ1n) is 2.64. The molecule has 3 N–H and O–H groups in total. The Labute approximate surface area is 70.0 Å². The zero-order valence-electron chi connectivity index (χ0n) is 5.84. The maximum Gasteiger partial charge on any atom is 0.197 e. The summed E-state index contributed by atoms with van der Waals surface area (Å²) in [7, 11) is 0. The van der Waals surface area contributed by atoms with Crippen molar-refractivity contribution in [2.75, 3.05) is 5.43 Å². The molecule has 1 aromatic heterocycles. The fourth-order valence-corrected chi connectivity index (χ4v) is 1.26. The lowest BCUT2D eigenvalue weighted by Gasteiger charge is -1.85. The van der Waals surface area contributed by atoms with E-state index in [0.717, 1.165) is 10.8 Å². The fraction of sp³-hybridized carbons (Fsp3) is 0.400. The van der Waals surface area contributed by atoms with Crippen molar-refractivity contribution in [2.24, 2.45) is 5.84 Å². The van der Waals surface area contributed by atoms with Crippen LogP contribution in [0.25, 0.3) is 0 Å². The van der Waals surface area contributed by atoms with Crippen LogP contribution < -0.4 is 11.3 Å². The third-order valence-corrected chi connectivity index (χ3v) is 2.16. The first kappa shape index (κ1) is 9.68. The van der Waals surface area contributed by atoms with E-state index in [-0.39, 0.29) is 12.4 Å². The third-order valence-electron chi connectivity index (χ3n) is 1.15. The van der Waals surface area contributed by atoms with Crippen molar-refractivity contribution in [1.29, 1.82) is 0 Å². The molecule has 0 aliphatic heterocycles. The van der Waals surface area contributed by atoms with Crippen LogP contribution in [0.1, 0.15) is 10.6 Å². The molecule has 10 heavy (non-hydrogen) atoms. The van der Waals surface area contributed by atoms with Crippen LogP contribution in [0, 0.1) is 13.8 Å². The number of hydrogen-bond acceptors (Lipinski definition) is 4. The Bertz CT molecular complexity index is 191. The van der Waals surface area contributed by atoms with Crippen molar-refractivity contribution < 1.29 is 0 Å². The highest BCUT2D eigenvalue weighted by molar-refractivity contribution is 7.15. The molecule has 5 heteroatoms. The van der Waals surface area contributed by atoms with E-state index in [4.69, 9.17) is 5.84 Å². The van der Waals surface area contributed by atoms with Crippen LogP contribution in [0.15, 0.2) is 0 Å². The fourth-order valence-electron chi connectivity index (χ4n) is 0.534. The summed E-state index contributed by atoms with van der Waals surface area (Å²) < 4.78 is 0. The minimum atomic E-state index is 0. The molecule has 0 saturated heterocycles. The van der Waals surface area contributed by atoms with Crippen LogP contribution in [-0.2, 0) is 0 Å². The molecule has 0 unspecified atom stereocenters. The molecule has 58 valence electrons. The van der Waals surface area contributed by atoms with Gasteiger partial charge in [-0.05, 0) is 13.8 Å². The lowest BCUT2D eigenvalue weighted by Crippen LogP contribution is -2.05. The van der Waals surface area contributed by atoms with Crippen LogP contribution in [0.3, 0.4) is 0 Å². The number of rotatable bonds is 1. The summed E-state index contributed by atoms with van der Waals surface area (Å²) in [5.74, 6) is 5.13. The van der Waals surface area contributed by atoms with Gasteiger partial charge in [-0.25, -0.2) is 10.8 Å². The second-order valence-electron chi connectivity index (χ2n) is 1.80. The number of nitrogens with one attached hydrogen (secondary N) is 1. The number of aromatic nitrogens is 1. The van der Waals surface area contributed by atoms with Crippen molar-refractivity contribution >= 4 is 28.9 Å². The molecule has 0 amide bonds. The van der Waals surface area contributed by atoms with Crippen LogP contribution in [0.2, 0.25) is 0 Å². The molecule has 0 aromatic carbocycles. The average molecular weight is 180 g/mol. The minimum absolute atomic E-state index is 0. The molecular formula is C5H10ClN3S. The lowest BCUT2D eigenvalue weighted by molar-refractivity contribution is 1.20. The van der Waals surface area contributed by atoms with E-state index >= 15 is 0 Å². The predicted octanol–water partition coefficient (Wildman–Crippen LogP) is 1.47. The molecular weight excluding hydrogens is 170 g/mol. The first-order valence-corrected chi connectivity index (χ1v) is 3.46. The monoisotopic (exact) mass is 179 g/mol. The van der Waals surface area contributed by atoms with Gasteiger partial charge in [0, 0.05) is 4.88 Å². The average Bonchev–Trinajstić information content (AvgIpc) is 2.13. The maximum absolute atomic E-state index is 5.13. The first-order chi connectivity index (χ1) is 4.24. The van der Waals surface area contributed by atoms with Gasteiger partial charge in [-0.3, -0.25) is 5.43 Å². The van der Waals surface area contributed by atoms with E-state index in [1.54, 1.807) is 11.3 Å². The molecule has 1 heterocycles. The van der Waals surface area contributed by atoms with Gasteiger partial charge in [0.15, 0.2) is 5.13 Å². The molecule has 0 aliphatic rings. The van der Waals surface area contributed by atoms with Gasteiger partial charge in [0.1, 0.15) is 0 Å². The summed E-state index contributed by atoms with van der Waals surface area (Å²) in [4.78, 5) is 5.32. The van der Waals surface area contributed by atoms with E-state index in [0.29, 0.717) is 0 Å². The summed E-state index contributed by atoms with van der Waals surface area (Å²) in [5, 5.41) is 0.782. The standard InChI is InChI=1S/C5H9N3S.ClH/c1-3-4(2)9-5(7-3)8-6;/h6H2,1-2H3,(H,7,8);1H. The van der Waals surface area contributed by atoms with Crippen molar-refractivity contribution in [3.8, 4) is 0 Å². The highest BCUT2D eigenvalue weighted by Crippen LogP contribution is 2.19. The molecule has 0 bridgehead atoms. The molecule has 0 atom stereocenters. The normalized spacial score (nSPS) is 8.70. The summed E-state index contributed by atoms with van der Waals surface area (Å²) >= 11 is 1.57. The number of nitrogens with two attached hydrogens (primary N) is 1. The van der Waals surface area contributed by atoms with Gasteiger partial charge in [-0.1, -0.05) is 0 Å². The van der Waals surface area contributed by atoms with E-state index in [9.17, 15) is 0 Å². The van der Waals surface area contributed by atoms with Gasteiger partial charge in [0.05, 0.1) is 5.69 Å². The number of hydrazine groups is 1. The molecule has 0 fully saturated rings. The predicted molar refractivity (Wildman–Crippen MR) is 46.6 cm³/mol. The molecule has 0 aliphatic carbocycles. The van der Waals surface area contributed by atoms with Gasteiger partial charge in [0.2, 0.25) is 0 Å². The number of hydrogen-bond donors (Lipinski definition) is 2. The summed E-state index contributed by atoms with van der Waals surface area (Å²) in [5.41, 5.74) is 3.55. The number of anilines is 1. The Balaban J connectivity index is 0.000000810. The molecule has 0 saturated carbocycles. The summed E-state index contributed by atoms with van der Waals surface area (Å²) in [6, 6.07) is 0. The number of thiazole rings is 1. The largest absolute Gasteiger partial charge is 0.300 e. The SMILES string of the molecule is Cc1nc(NN)sc1C.Cl. The van der Waals surface area contributed by atoms with E-state index in [1.807, 2.05) is 13.8 Å². The van der Waals surface area contributed by atoms with Crippen LogP contribution in [0.5, 0.6) is 0 Å². The van der Waals surface area contributed by atoms with Crippen LogP contribution in [0.4, 0.5) is 5.13 Å². The number of aryl methyl sites for hydroxylation is 2. The zero-order valence-corrected chi connectivity index (χ0v) is 7.47. The van der Waals surface area contributed by atoms with Crippen molar-refractivity contribution in [1.82, 2.24) is 4.98 Å². The van der Waals surface area contributed by atoms with Crippen molar-refractivity contribution in [3.05, 3.63) is 10.6 Å². The van der Waals surface area contributed by atoms with E-state index < -0.39 is 0 Å². The van der Waals surface area contributed by atoms with Gasteiger partial charge in [0.25, 0.3) is 0 Å². The minimum Gasteiger partial charge on any atom is -0.300 e. The topological polar surface area (TPSA) is 50.9 Å². The Kier molecular flexibility index (Phi) is 3.63. The second kappa shape index (κ2) is 3.75. The molecule has 0 radical (unpaired) electrons. The molecule has 0 spiro atoms. The van der Waals surface area contributed by atoms with Crippen LogP contribution >= 0.6 is 23.7 Å². The van der Waals surface area contributed by atoms with Gasteiger partial charge in [-0.2, -0.15) is 0 Å². The van der Waals surface area contributed by atoms with Gasteiger partial charge >= 0.3 is 0 Å². The van der Waals surface area contributed by atoms with E-state index in [2.05, 4.69) is 10.4 Å². The summed E-state index contributed by atoms with van der Waals surface area (Å²) in [6.45, 7) is 3.99. The summed E-state index contributed by atoms with van der Waals surface area (Å²) in [6.07, 6.45) is 0. The zero-order chi connectivity index (χ0) is 6.85.